The second-order valence-corrected chi connectivity index (χ2v) is 5.56. The number of benzene rings is 1. The Balaban J connectivity index is 1.69. The van der Waals surface area contributed by atoms with Gasteiger partial charge in [-0.15, -0.1) is 11.3 Å². The molecule has 2 N–H and O–H groups in total. The zero-order chi connectivity index (χ0) is 15.1. The third kappa shape index (κ3) is 5.16. The number of nitrogens with zero attached hydrogens (tertiary/aromatic N) is 2. The van der Waals surface area contributed by atoms with Gasteiger partial charge < -0.3 is 15.2 Å². The van der Waals surface area contributed by atoms with Crippen molar-refractivity contribution in [2.24, 2.45) is 0 Å². The van der Waals surface area contributed by atoms with Gasteiger partial charge in [0, 0.05) is 24.2 Å². The van der Waals surface area contributed by atoms with Crippen LogP contribution in [0.3, 0.4) is 0 Å². The highest BCUT2D eigenvalue weighted by molar-refractivity contribution is 7.09. The standard InChI is InChI=1S/C15H17N3O2S/c1-11-10-21-15(18-11)8-17-7-13(19)9-20-14-4-2-3-12(5-14)6-16/h2-5,10,13,17,19H,7-9H2,1H3. The van der Waals surface area contributed by atoms with Crippen LogP contribution < -0.4 is 10.1 Å². The third-order valence-corrected chi connectivity index (χ3v) is 3.69. The van der Waals surface area contributed by atoms with Crippen molar-refractivity contribution in [3.63, 3.8) is 0 Å². The van der Waals surface area contributed by atoms with Gasteiger partial charge in [0.1, 0.15) is 23.5 Å². The summed E-state index contributed by atoms with van der Waals surface area (Å²) in [6.07, 6.45) is -0.614. The summed E-state index contributed by atoms with van der Waals surface area (Å²) >= 11 is 1.60. The maximum Gasteiger partial charge on any atom is 0.120 e. The summed E-state index contributed by atoms with van der Waals surface area (Å²) < 4.78 is 5.46. The molecule has 1 atom stereocenters. The summed E-state index contributed by atoms with van der Waals surface area (Å²) in [6, 6.07) is 8.93. The van der Waals surface area contributed by atoms with E-state index in [0.29, 0.717) is 24.4 Å². The Bertz CT molecular complexity index is 621. The Labute approximate surface area is 127 Å². The zero-order valence-corrected chi connectivity index (χ0v) is 12.6. The number of aliphatic hydroxyl groups excluding tert-OH is 1. The Hall–Kier alpha value is -1.94. The normalized spacial score (nSPS) is 11.9. The molecule has 0 aliphatic rings. The van der Waals surface area contributed by atoms with Crippen molar-refractivity contribution < 1.29 is 9.84 Å². The van der Waals surface area contributed by atoms with E-state index in [-0.39, 0.29) is 6.61 Å². The van der Waals surface area contributed by atoms with E-state index in [1.165, 1.54) is 0 Å². The summed E-state index contributed by atoms with van der Waals surface area (Å²) in [5.41, 5.74) is 1.55. The fourth-order valence-electron chi connectivity index (χ4n) is 1.74. The highest BCUT2D eigenvalue weighted by atomic mass is 32.1. The van der Waals surface area contributed by atoms with Gasteiger partial charge in [-0.2, -0.15) is 5.26 Å². The second-order valence-electron chi connectivity index (χ2n) is 4.62. The van der Waals surface area contributed by atoms with E-state index < -0.39 is 6.10 Å². The first-order valence-electron chi connectivity index (χ1n) is 6.60. The van der Waals surface area contributed by atoms with Crippen LogP contribution in [0.4, 0.5) is 0 Å². The van der Waals surface area contributed by atoms with E-state index in [9.17, 15) is 5.11 Å². The molecule has 0 spiro atoms. The second kappa shape index (κ2) is 7.74. The third-order valence-electron chi connectivity index (χ3n) is 2.73. The molecule has 0 saturated carbocycles. The van der Waals surface area contributed by atoms with E-state index in [2.05, 4.69) is 10.3 Å². The van der Waals surface area contributed by atoms with Crippen LogP contribution in [0.5, 0.6) is 5.75 Å². The molecule has 21 heavy (non-hydrogen) atoms. The van der Waals surface area contributed by atoms with Crippen molar-refractivity contribution >= 4 is 11.3 Å². The fourth-order valence-corrected chi connectivity index (χ4v) is 2.48. The SMILES string of the molecule is Cc1csc(CNCC(O)COc2cccc(C#N)c2)n1. The highest BCUT2D eigenvalue weighted by Gasteiger charge is 2.06. The average molecular weight is 303 g/mol. The quantitative estimate of drug-likeness (QED) is 0.816. The van der Waals surface area contributed by atoms with Crippen molar-refractivity contribution in [2.45, 2.75) is 19.6 Å². The molecule has 0 amide bonds. The summed E-state index contributed by atoms with van der Waals surface area (Å²) in [4.78, 5) is 4.33. The molecule has 2 aromatic rings. The molecule has 110 valence electrons. The van der Waals surface area contributed by atoms with Gasteiger partial charge in [-0.1, -0.05) is 6.07 Å². The van der Waals surface area contributed by atoms with Crippen LogP contribution in [-0.2, 0) is 6.54 Å². The first-order valence-corrected chi connectivity index (χ1v) is 7.48. The van der Waals surface area contributed by atoms with Crippen LogP contribution >= 0.6 is 11.3 Å². The molecule has 0 saturated heterocycles. The van der Waals surface area contributed by atoms with Crippen LogP contribution in [0.25, 0.3) is 0 Å². The maximum absolute atomic E-state index is 9.85. The molecular weight excluding hydrogens is 286 g/mol. The van der Waals surface area contributed by atoms with Crippen molar-refractivity contribution in [1.82, 2.24) is 10.3 Å². The number of thiazole rings is 1. The van der Waals surface area contributed by atoms with Gasteiger partial charge in [-0.05, 0) is 25.1 Å². The van der Waals surface area contributed by atoms with Gasteiger partial charge >= 0.3 is 0 Å². The summed E-state index contributed by atoms with van der Waals surface area (Å²) in [7, 11) is 0. The highest BCUT2D eigenvalue weighted by Crippen LogP contribution is 2.12. The van der Waals surface area contributed by atoms with Crippen molar-refractivity contribution in [3.8, 4) is 11.8 Å². The van der Waals surface area contributed by atoms with Gasteiger partial charge in [0.15, 0.2) is 0 Å². The van der Waals surface area contributed by atoms with E-state index in [0.717, 1.165) is 10.7 Å². The predicted octanol–water partition coefficient (Wildman–Crippen LogP) is 1.85. The smallest absolute Gasteiger partial charge is 0.120 e. The Morgan fingerprint density at radius 2 is 2.38 bits per heavy atom. The number of aryl methyl sites for hydroxylation is 1. The molecule has 0 aliphatic carbocycles. The largest absolute Gasteiger partial charge is 0.491 e. The molecule has 1 aromatic heterocycles. The molecular formula is C15H17N3O2S. The lowest BCUT2D eigenvalue weighted by Gasteiger charge is -2.12. The minimum Gasteiger partial charge on any atom is -0.491 e. The van der Waals surface area contributed by atoms with Crippen molar-refractivity contribution in [1.29, 1.82) is 5.26 Å². The van der Waals surface area contributed by atoms with E-state index >= 15 is 0 Å². The first kappa shape index (κ1) is 15.4. The Morgan fingerprint density at radius 1 is 1.52 bits per heavy atom. The van der Waals surface area contributed by atoms with Crippen molar-refractivity contribution in [2.75, 3.05) is 13.2 Å². The predicted molar refractivity (Wildman–Crippen MR) is 81.2 cm³/mol. The molecule has 1 unspecified atom stereocenters. The number of ether oxygens (including phenoxy) is 1. The minimum absolute atomic E-state index is 0.179. The molecule has 0 aliphatic heterocycles. The molecule has 6 heteroatoms. The lowest BCUT2D eigenvalue weighted by atomic mass is 10.2. The topological polar surface area (TPSA) is 78.2 Å². The molecule has 1 heterocycles. The number of hydrogen-bond donors (Lipinski definition) is 2. The number of aromatic nitrogens is 1. The number of nitrogens with one attached hydrogen (secondary N) is 1. The first-order chi connectivity index (χ1) is 10.2. The van der Waals surface area contributed by atoms with Gasteiger partial charge in [0.2, 0.25) is 0 Å². The van der Waals surface area contributed by atoms with Crippen LogP contribution in [-0.4, -0.2) is 29.3 Å². The lowest BCUT2D eigenvalue weighted by molar-refractivity contribution is 0.106. The molecule has 0 bridgehead atoms. The Kier molecular flexibility index (Phi) is 5.69. The molecule has 1 aromatic carbocycles. The number of rotatable bonds is 7. The summed E-state index contributed by atoms with van der Waals surface area (Å²) in [5, 5.41) is 24.8. The van der Waals surface area contributed by atoms with Gasteiger partial charge in [0.25, 0.3) is 0 Å². The lowest BCUT2D eigenvalue weighted by Crippen LogP contribution is -2.31. The number of hydrogen-bond acceptors (Lipinski definition) is 6. The average Bonchev–Trinajstić information content (AvgIpc) is 2.91. The summed E-state index contributed by atoms with van der Waals surface area (Å²) in [5.74, 6) is 0.587. The van der Waals surface area contributed by atoms with E-state index in [1.807, 2.05) is 18.4 Å². The fraction of sp³-hybridized carbons (Fsp3) is 0.333. The van der Waals surface area contributed by atoms with Crippen LogP contribution in [0.1, 0.15) is 16.3 Å². The molecule has 0 radical (unpaired) electrons. The molecule has 5 nitrogen and oxygen atoms in total. The maximum atomic E-state index is 9.85. The van der Waals surface area contributed by atoms with Crippen LogP contribution in [0.15, 0.2) is 29.6 Å². The van der Waals surface area contributed by atoms with E-state index in [1.54, 1.807) is 35.6 Å². The van der Waals surface area contributed by atoms with Crippen LogP contribution in [0.2, 0.25) is 0 Å². The van der Waals surface area contributed by atoms with Crippen LogP contribution in [0, 0.1) is 18.3 Å². The van der Waals surface area contributed by atoms with E-state index in [4.69, 9.17) is 10.00 Å². The number of nitriles is 1. The molecule has 2 rings (SSSR count). The zero-order valence-electron chi connectivity index (χ0n) is 11.7. The van der Waals surface area contributed by atoms with Gasteiger partial charge in [0.05, 0.1) is 11.6 Å². The minimum atomic E-state index is -0.614. The van der Waals surface area contributed by atoms with Crippen molar-refractivity contribution in [3.05, 3.63) is 45.9 Å². The summed E-state index contributed by atoms with van der Waals surface area (Å²) in [6.45, 7) is 3.20. The van der Waals surface area contributed by atoms with Gasteiger partial charge in [-0.3, -0.25) is 0 Å². The Morgan fingerprint density at radius 3 is 3.10 bits per heavy atom. The number of aliphatic hydroxyl groups is 1. The molecule has 0 fully saturated rings. The van der Waals surface area contributed by atoms with Gasteiger partial charge in [-0.25, -0.2) is 4.98 Å². The monoisotopic (exact) mass is 303 g/mol.